The quantitative estimate of drug-likeness (QED) is 0.780. The lowest BCUT2D eigenvalue weighted by Gasteiger charge is -2.30. The van der Waals surface area contributed by atoms with Crippen molar-refractivity contribution in [2.24, 2.45) is 11.8 Å². The van der Waals surface area contributed by atoms with Gasteiger partial charge in [-0.15, -0.1) is 11.3 Å². The van der Waals surface area contributed by atoms with Crippen molar-refractivity contribution in [3.05, 3.63) is 17.0 Å². The summed E-state index contributed by atoms with van der Waals surface area (Å²) in [6.45, 7) is 2.25. The number of aliphatic hydroxyl groups is 1. The van der Waals surface area contributed by atoms with Crippen LogP contribution in [0.1, 0.15) is 42.3 Å². The molecule has 2 rings (SSSR count). The molecule has 0 bridgehead atoms. The highest BCUT2D eigenvalue weighted by atomic mass is 32.1. The second-order valence-electron chi connectivity index (χ2n) is 5.54. The molecule has 1 aromatic rings. The molecule has 0 radical (unpaired) electrons. The van der Waals surface area contributed by atoms with E-state index in [1.54, 1.807) is 12.1 Å². The predicted octanol–water partition coefficient (Wildman–Crippen LogP) is 2.24. The second kappa shape index (κ2) is 7.56. The van der Waals surface area contributed by atoms with Gasteiger partial charge in [-0.25, -0.2) is 0 Å². The molecule has 2 atom stereocenters. The van der Waals surface area contributed by atoms with E-state index in [0.29, 0.717) is 28.3 Å². The van der Waals surface area contributed by atoms with Gasteiger partial charge in [-0.1, -0.05) is 12.8 Å². The van der Waals surface area contributed by atoms with Crippen molar-refractivity contribution in [2.75, 3.05) is 18.5 Å². The van der Waals surface area contributed by atoms with E-state index in [1.807, 2.05) is 0 Å². The predicted molar refractivity (Wildman–Crippen MR) is 83.5 cm³/mol. The van der Waals surface area contributed by atoms with Crippen LogP contribution >= 0.6 is 11.3 Å². The fourth-order valence-electron chi connectivity index (χ4n) is 2.81. The van der Waals surface area contributed by atoms with Crippen LogP contribution < -0.4 is 10.6 Å². The standard InChI is InChI=1S/C15H22N2O3S/c1-10(19)17-14-7-6-13(21-14)15(20)16-8-11-4-2-3-5-12(11)9-18/h6-7,11-12,18H,2-5,8-9H2,1H3,(H,16,20)(H,17,19). The number of anilines is 1. The SMILES string of the molecule is CC(=O)Nc1ccc(C(=O)NCC2CCCCC2CO)s1. The Bertz CT molecular complexity index is 501. The van der Waals surface area contributed by atoms with Crippen LogP contribution in [-0.4, -0.2) is 30.1 Å². The van der Waals surface area contributed by atoms with Crippen LogP contribution in [-0.2, 0) is 4.79 Å². The third-order valence-electron chi connectivity index (χ3n) is 3.95. The molecular weight excluding hydrogens is 288 g/mol. The average Bonchev–Trinajstić information content (AvgIpc) is 2.92. The molecule has 5 nitrogen and oxygen atoms in total. The molecule has 1 aliphatic carbocycles. The third-order valence-corrected chi connectivity index (χ3v) is 4.95. The molecule has 0 saturated heterocycles. The molecular formula is C15H22N2O3S. The summed E-state index contributed by atoms with van der Waals surface area (Å²) in [5, 5.41) is 15.7. The zero-order chi connectivity index (χ0) is 15.2. The monoisotopic (exact) mass is 310 g/mol. The molecule has 0 spiro atoms. The number of nitrogens with one attached hydrogen (secondary N) is 2. The molecule has 0 aromatic carbocycles. The van der Waals surface area contributed by atoms with Gasteiger partial charge in [0.15, 0.2) is 0 Å². The van der Waals surface area contributed by atoms with E-state index in [4.69, 9.17) is 0 Å². The number of carbonyl (C=O) groups is 2. The van der Waals surface area contributed by atoms with Crippen LogP contribution in [0.25, 0.3) is 0 Å². The average molecular weight is 310 g/mol. The Morgan fingerprint density at radius 2 is 2.00 bits per heavy atom. The maximum absolute atomic E-state index is 12.1. The zero-order valence-electron chi connectivity index (χ0n) is 12.2. The van der Waals surface area contributed by atoms with Gasteiger partial charge in [-0.3, -0.25) is 9.59 Å². The van der Waals surface area contributed by atoms with Crippen LogP contribution in [0.15, 0.2) is 12.1 Å². The molecule has 0 aliphatic heterocycles. The molecule has 1 aliphatic rings. The van der Waals surface area contributed by atoms with E-state index >= 15 is 0 Å². The minimum atomic E-state index is -0.142. The number of rotatable bonds is 5. The highest BCUT2D eigenvalue weighted by Crippen LogP contribution is 2.29. The Hall–Kier alpha value is -1.40. The molecule has 1 fully saturated rings. The lowest BCUT2D eigenvalue weighted by atomic mass is 9.79. The summed E-state index contributed by atoms with van der Waals surface area (Å²) in [5.41, 5.74) is 0. The molecule has 6 heteroatoms. The lowest BCUT2D eigenvalue weighted by Crippen LogP contribution is -2.35. The minimum Gasteiger partial charge on any atom is -0.396 e. The molecule has 3 N–H and O–H groups in total. The molecule has 1 heterocycles. The van der Waals surface area contributed by atoms with Crippen molar-refractivity contribution in [3.8, 4) is 0 Å². The van der Waals surface area contributed by atoms with Gasteiger partial charge < -0.3 is 15.7 Å². The van der Waals surface area contributed by atoms with Gasteiger partial charge in [0.25, 0.3) is 5.91 Å². The number of amides is 2. The molecule has 1 aromatic heterocycles. The Balaban J connectivity index is 1.86. The Morgan fingerprint density at radius 3 is 2.67 bits per heavy atom. The van der Waals surface area contributed by atoms with Crippen molar-refractivity contribution < 1.29 is 14.7 Å². The highest BCUT2D eigenvalue weighted by molar-refractivity contribution is 7.18. The summed E-state index contributed by atoms with van der Waals surface area (Å²) in [6.07, 6.45) is 4.44. The van der Waals surface area contributed by atoms with Gasteiger partial charge in [0.2, 0.25) is 5.91 Å². The summed E-state index contributed by atoms with van der Waals surface area (Å²) in [5.74, 6) is 0.412. The van der Waals surface area contributed by atoms with Crippen molar-refractivity contribution >= 4 is 28.2 Å². The maximum Gasteiger partial charge on any atom is 0.261 e. The summed E-state index contributed by atoms with van der Waals surface area (Å²) in [7, 11) is 0. The number of aliphatic hydroxyl groups excluding tert-OH is 1. The summed E-state index contributed by atoms with van der Waals surface area (Å²) < 4.78 is 0. The Labute approximate surface area is 128 Å². The maximum atomic E-state index is 12.1. The first-order chi connectivity index (χ1) is 10.1. The van der Waals surface area contributed by atoms with Crippen LogP contribution in [0, 0.1) is 11.8 Å². The van der Waals surface area contributed by atoms with Gasteiger partial charge in [0.1, 0.15) is 0 Å². The van der Waals surface area contributed by atoms with Crippen molar-refractivity contribution in [2.45, 2.75) is 32.6 Å². The van der Waals surface area contributed by atoms with Crippen LogP contribution in [0.2, 0.25) is 0 Å². The van der Waals surface area contributed by atoms with Gasteiger partial charge in [0, 0.05) is 20.1 Å². The largest absolute Gasteiger partial charge is 0.396 e. The van der Waals surface area contributed by atoms with Crippen molar-refractivity contribution in [1.29, 1.82) is 0 Å². The van der Waals surface area contributed by atoms with E-state index in [9.17, 15) is 14.7 Å². The van der Waals surface area contributed by atoms with Crippen molar-refractivity contribution in [1.82, 2.24) is 5.32 Å². The first kappa shape index (κ1) is 16.0. The lowest BCUT2D eigenvalue weighted by molar-refractivity contribution is -0.114. The van der Waals surface area contributed by atoms with Crippen molar-refractivity contribution in [3.63, 3.8) is 0 Å². The topological polar surface area (TPSA) is 78.4 Å². The number of carbonyl (C=O) groups excluding carboxylic acids is 2. The van der Waals surface area contributed by atoms with E-state index in [2.05, 4.69) is 10.6 Å². The summed E-state index contributed by atoms with van der Waals surface area (Å²) in [4.78, 5) is 23.7. The zero-order valence-corrected chi connectivity index (χ0v) is 13.0. The Morgan fingerprint density at radius 1 is 1.29 bits per heavy atom. The van der Waals surface area contributed by atoms with Gasteiger partial charge in [0.05, 0.1) is 9.88 Å². The Kier molecular flexibility index (Phi) is 5.76. The van der Waals surface area contributed by atoms with Gasteiger partial charge in [-0.05, 0) is 36.8 Å². The molecule has 2 amide bonds. The summed E-state index contributed by atoms with van der Waals surface area (Å²) in [6, 6.07) is 3.45. The number of hydrogen-bond donors (Lipinski definition) is 3. The van der Waals surface area contributed by atoms with Crippen LogP contribution in [0.3, 0.4) is 0 Å². The summed E-state index contributed by atoms with van der Waals surface area (Å²) >= 11 is 1.27. The second-order valence-corrected chi connectivity index (χ2v) is 6.63. The van der Waals surface area contributed by atoms with E-state index < -0.39 is 0 Å². The fourth-order valence-corrected chi connectivity index (χ4v) is 3.67. The molecule has 21 heavy (non-hydrogen) atoms. The fraction of sp³-hybridized carbons (Fsp3) is 0.600. The third kappa shape index (κ3) is 4.54. The number of thiophene rings is 1. The minimum absolute atomic E-state index is 0.112. The number of hydrogen-bond acceptors (Lipinski definition) is 4. The van der Waals surface area contributed by atoms with Gasteiger partial charge >= 0.3 is 0 Å². The normalized spacial score (nSPS) is 21.8. The first-order valence-corrected chi connectivity index (χ1v) is 8.18. The van der Waals surface area contributed by atoms with Gasteiger partial charge in [-0.2, -0.15) is 0 Å². The molecule has 116 valence electrons. The smallest absolute Gasteiger partial charge is 0.261 e. The van der Waals surface area contributed by atoms with Crippen LogP contribution in [0.4, 0.5) is 5.00 Å². The van der Waals surface area contributed by atoms with E-state index in [0.717, 1.165) is 12.8 Å². The van der Waals surface area contributed by atoms with E-state index in [1.165, 1.54) is 31.1 Å². The molecule has 2 unspecified atom stereocenters. The van der Waals surface area contributed by atoms with E-state index in [-0.39, 0.29) is 18.4 Å². The first-order valence-electron chi connectivity index (χ1n) is 7.36. The molecule has 1 saturated carbocycles. The highest BCUT2D eigenvalue weighted by Gasteiger charge is 2.25. The van der Waals surface area contributed by atoms with Crippen LogP contribution in [0.5, 0.6) is 0 Å².